The number of ether oxygens (including phenoxy) is 2. The summed E-state index contributed by atoms with van der Waals surface area (Å²) in [6.45, 7) is 3.07. The first-order valence-corrected chi connectivity index (χ1v) is 11.8. The van der Waals surface area contributed by atoms with Gasteiger partial charge in [0, 0.05) is 35.5 Å². The van der Waals surface area contributed by atoms with Crippen LogP contribution in [-0.4, -0.2) is 42.4 Å². The van der Waals surface area contributed by atoms with Crippen molar-refractivity contribution in [3.63, 3.8) is 0 Å². The predicted octanol–water partition coefficient (Wildman–Crippen LogP) is 4.59. The molecule has 1 aromatic carbocycles. The standard InChI is InChI=1S/C24H26FN5O3.CH5N/c1-13-17(11-29-23-22(13)27-7-8-32-23)16-9-14-10-19(28-12-18(14)21(26)20(16)25)30-24(31)33-15-5-3-2-4-6-15;1-2/h9-12,15,27H,2-8,26H2,1H3,(H,28,30,31);2H2,1H3. The molecule has 3 heterocycles. The van der Waals surface area contributed by atoms with E-state index in [1.807, 2.05) is 6.92 Å². The number of anilines is 3. The van der Waals surface area contributed by atoms with Crippen LogP contribution in [0.2, 0.25) is 0 Å². The number of pyridine rings is 2. The third kappa shape index (κ3) is 5.07. The van der Waals surface area contributed by atoms with Crippen molar-refractivity contribution in [2.45, 2.75) is 45.1 Å². The van der Waals surface area contributed by atoms with Gasteiger partial charge in [-0.25, -0.2) is 19.2 Å². The number of carbonyl (C=O) groups excluding carboxylic acids is 1. The first-order chi connectivity index (χ1) is 17.0. The minimum Gasteiger partial charge on any atom is -0.474 e. The first-order valence-electron chi connectivity index (χ1n) is 11.8. The van der Waals surface area contributed by atoms with Crippen LogP contribution in [-0.2, 0) is 4.74 Å². The molecule has 0 bridgehead atoms. The van der Waals surface area contributed by atoms with Crippen molar-refractivity contribution < 1.29 is 18.7 Å². The Labute approximate surface area is 203 Å². The summed E-state index contributed by atoms with van der Waals surface area (Å²) < 4.78 is 26.4. The molecule has 1 amide bonds. The van der Waals surface area contributed by atoms with E-state index in [1.54, 1.807) is 18.3 Å². The Kier molecular flexibility index (Phi) is 7.50. The highest BCUT2D eigenvalue weighted by Gasteiger charge is 2.22. The summed E-state index contributed by atoms with van der Waals surface area (Å²) in [6, 6.07) is 3.36. The monoisotopic (exact) mass is 482 g/mol. The first kappa shape index (κ1) is 24.5. The Morgan fingerprint density at radius 2 is 1.94 bits per heavy atom. The molecule has 0 radical (unpaired) electrons. The van der Waals surface area contributed by atoms with Crippen molar-refractivity contribution in [1.29, 1.82) is 0 Å². The van der Waals surface area contributed by atoms with Crippen LogP contribution in [0.4, 0.5) is 26.4 Å². The van der Waals surface area contributed by atoms with Crippen molar-refractivity contribution in [2.75, 3.05) is 36.6 Å². The SMILES string of the molecule is CN.Cc1c(-c2cc3cc(NC(=O)OC4CCCCC4)ncc3c(N)c2F)cnc2c1NCCO2. The molecule has 0 atom stereocenters. The van der Waals surface area contributed by atoms with Gasteiger partial charge in [0.1, 0.15) is 24.2 Å². The quantitative estimate of drug-likeness (QED) is 0.398. The van der Waals surface area contributed by atoms with Gasteiger partial charge in [-0.1, -0.05) is 6.42 Å². The summed E-state index contributed by atoms with van der Waals surface area (Å²) in [5, 5.41) is 7.06. The minimum absolute atomic E-state index is 0.00679. The fourth-order valence-corrected chi connectivity index (χ4v) is 4.52. The lowest BCUT2D eigenvalue weighted by molar-refractivity contribution is 0.0864. The molecule has 9 nitrogen and oxygen atoms in total. The van der Waals surface area contributed by atoms with Crippen molar-refractivity contribution in [3.8, 4) is 17.0 Å². The van der Waals surface area contributed by atoms with Crippen LogP contribution < -0.4 is 26.8 Å². The number of nitrogen functional groups attached to an aromatic ring is 1. The zero-order valence-corrected chi connectivity index (χ0v) is 20.0. The van der Waals surface area contributed by atoms with Gasteiger partial charge in [-0.2, -0.15) is 0 Å². The number of nitrogens with zero attached hydrogens (tertiary/aromatic N) is 2. The van der Waals surface area contributed by atoms with Gasteiger partial charge in [0.2, 0.25) is 5.88 Å². The lowest BCUT2D eigenvalue weighted by atomic mass is 9.97. The van der Waals surface area contributed by atoms with Crippen molar-refractivity contribution >= 4 is 34.1 Å². The molecule has 186 valence electrons. The Balaban J connectivity index is 0.00000141. The number of rotatable bonds is 3. The van der Waals surface area contributed by atoms with Gasteiger partial charge >= 0.3 is 6.09 Å². The molecule has 35 heavy (non-hydrogen) atoms. The van der Waals surface area contributed by atoms with Gasteiger partial charge < -0.3 is 26.3 Å². The van der Waals surface area contributed by atoms with Crippen LogP contribution in [0.5, 0.6) is 5.88 Å². The topological polar surface area (TPSA) is 137 Å². The number of aromatic nitrogens is 2. The molecular formula is C25H31FN6O3. The van der Waals surface area contributed by atoms with E-state index in [0.717, 1.165) is 36.9 Å². The average Bonchev–Trinajstić information content (AvgIpc) is 2.88. The van der Waals surface area contributed by atoms with Gasteiger partial charge in [-0.05, 0) is 62.7 Å². The van der Waals surface area contributed by atoms with Crippen LogP contribution in [0.15, 0.2) is 24.5 Å². The summed E-state index contributed by atoms with van der Waals surface area (Å²) in [6.07, 6.45) is 7.52. The highest BCUT2D eigenvalue weighted by molar-refractivity contribution is 5.99. The lowest BCUT2D eigenvalue weighted by Gasteiger charge is -2.22. The van der Waals surface area contributed by atoms with Crippen LogP contribution >= 0.6 is 0 Å². The number of nitrogens with one attached hydrogen (secondary N) is 2. The third-order valence-corrected chi connectivity index (χ3v) is 6.29. The predicted molar refractivity (Wildman–Crippen MR) is 135 cm³/mol. The number of benzene rings is 1. The van der Waals surface area contributed by atoms with Gasteiger partial charge in [0.15, 0.2) is 5.82 Å². The molecule has 2 aromatic heterocycles. The summed E-state index contributed by atoms with van der Waals surface area (Å²) in [7, 11) is 1.50. The smallest absolute Gasteiger partial charge is 0.413 e. The summed E-state index contributed by atoms with van der Waals surface area (Å²) >= 11 is 0. The molecule has 0 spiro atoms. The van der Waals surface area contributed by atoms with E-state index in [0.29, 0.717) is 46.7 Å². The molecule has 5 rings (SSSR count). The summed E-state index contributed by atoms with van der Waals surface area (Å²) in [5.74, 6) is 0.280. The number of fused-ring (bicyclic) bond motifs is 2. The van der Waals surface area contributed by atoms with Gasteiger partial charge in [0.05, 0.1) is 5.69 Å². The molecule has 1 aliphatic heterocycles. The second-order valence-electron chi connectivity index (χ2n) is 8.49. The van der Waals surface area contributed by atoms with Crippen molar-refractivity contribution in [1.82, 2.24) is 9.97 Å². The Hall–Kier alpha value is -3.66. The number of nitrogens with two attached hydrogens (primary N) is 2. The van der Waals surface area contributed by atoms with Gasteiger partial charge in [-0.3, -0.25) is 5.32 Å². The van der Waals surface area contributed by atoms with Crippen LogP contribution in [0, 0.1) is 12.7 Å². The molecule has 0 unspecified atom stereocenters. The second-order valence-corrected chi connectivity index (χ2v) is 8.49. The Morgan fingerprint density at radius 1 is 1.17 bits per heavy atom. The molecule has 1 fully saturated rings. The van der Waals surface area contributed by atoms with Gasteiger partial charge in [-0.15, -0.1) is 0 Å². The van der Waals surface area contributed by atoms with E-state index >= 15 is 4.39 Å². The molecule has 6 N–H and O–H groups in total. The number of halogens is 1. The molecule has 1 aliphatic carbocycles. The Morgan fingerprint density at radius 3 is 2.71 bits per heavy atom. The van der Waals surface area contributed by atoms with Crippen LogP contribution in [0.1, 0.15) is 37.7 Å². The zero-order chi connectivity index (χ0) is 24.9. The molecule has 2 aliphatic rings. The largest absolute Gasteiger partial charge is 0.474 e. The summed E-state index contributed by atoms with van der Waals surface area (Å²) in [5.41, 5.74) is 13.1. The van der Waals surface area contributed by atoms with E-state index in [4.69, 9.17) is 15.2 Å². The van der Waals surface area contributed by atoms with E-state index in [1.165, 1.54) is 19.7 Å². The maximum atomic E-state index is 15.3. The highest BCUT2D eigenvalue weighted by Crippen LogP contribution is 2.39. The Bertz CT molecular complexity index is 1230. The zero-order valence-electron chi connectivity index (χ0n) is 20.0. The van der Waals surface area contributed by atoms with E-state index in [2.05, 4.69) is 26.3 Å². The normalized spacial score (nSPS) is 15.2. The fourth-order valence-electron chi connectivity index (χ4n) is 4.52. The number of amides is 1. The van der Waals surface area contributed by atoms with Crippen LogP contribution in [0.25, 0.3) is 21.9 Å². The van der Waals surface area contributed by atoms with Crippen molar-refractivity contribution in [3.05, 3.63) is 35.9 Å². The molecule has 10 heteroatoms. The van der Waals surface area contributed by atoms with Gasteiger partial charge in [0.25, 0.3) is 0 Å². The number of carbonyl (C=O) groups is 1. The molecule has 3 aromatic rings. The third-order valence-electron chi connectivity index (χ3n) is 6.29. The molecule has 0 saturated heterocycles. The maximum absolute atomic E-state index is 15.3. The second kappa shape index (κ2) is 10.7. The van der Waals surface area contributed by atoms with E-state index in [9.17, 15) is 4.79 Å². The van der Waals surface area contributed by atoms with E-state index < -0.39 is 11.9 Å². The molecular weight excluding hydrogens is 451 g/mol. The highest BCUT2D eigenvalue weighted by atomic mass is 19.1. The minimum atomic E-state index is -0.539. The van der Waals surface area contributed by atoms with Crippen molar-refractivity contribution in [2.24, 2.45) is 5.73 Å². The summed E-state index contributed by atoms with van der Waals surface area (Å²) in [4.78, 5) is 20.9. The number of hydrogen-bond acceptors (Lipinski definition) is 8. The fraction of sp³-hybridized carbons (Fsp3) is 0.400. The number of hydrogen-bond donors (Lipinski definition) is 4. The average molecular weight is 483 g/mol. The molecule has 1 saturated carbocycles. The van der Waals surface area contributed by atoms with E-state index in [-0.39, 0.29) is 11.8 Å². The lowest BCUT2D eigenvalue weighted by Crippen LogP contribution is -2.24. The van der Waals surface area contributed by atoms with Crippen LogP contribution in [0.3, 0.4) is 0 Å². The maximum Gasteiger partial charge on any atom is 0.413 e.